The lowest BCUT2D eigenvalue weighted by Crippen LogP contribution is -2.32. The number of hydrogen-bond acceptors (Lipinski definition) is 8. The quantitative estimate of drug-likeness (QED) is 0.513. The average Bonchev–Trinajstić information content (AvgIpc) is 2.67. The summed E-state index contributed by atoms with van der Waals surface area (Å²) in [5.74, 6) is 7.61. The Morgan fingerprint density at radius 3 is 2.38 bits per heavy atom. The van der Waals surface area contributed by atoms with Crippen molar-refractivity contribution in [2.24, 2.45) is 5.84 Å². The van der Waals surface area contributed by atoms with Gasteiger partial charge in [-0.25, -0.2) is 5.84 Å². The molecule has 0 aliphatic heterocycles. The second kappa shape index (κ2) is 7.66. The van der Waals surface area contributed by atoms with Crippen molar-refractivity contribution in [3.8, 4) is 28.9 Å². The molecule has 0 fully saturated rings. The molecule has 3 aromatic rings. The lowest BCUT2D eigenvalue weighted by molar-refractivity contribution is 0.355. The Balaban J connectivity index is 1.92. The molecule has 0 aliphatic carbocycles. The third kappa shape index (κ3) is 3.81. The summed E-state index contributed by atoms with van der Waals surface area (Å²) in [5, 5.41) is 11.2. The number of benzene rings is 2. The van der Waals surface area contributed by atoms with Gasteiger partial charge in [0.15, 0.2) is 17.3 Å². The van der Waals surface area contributed by atoms with Crippen molar-refractivity contribution in [2.45, 2.75) is 6.54 Å². The van der Waals surface area contributed by atoms with Crippen molar-refractivity contribution in [3.05, 3.63) is 54.1 Å². The van der Waals surface area contributed by atoms with Gasteiger partial charge in [0.1, 0.15) is 0 Å². The van der Waals surface area contributed by atoms with E-state index in [2.05, 4.69) is 15.0 Å². The van der Waals surface area contributed by atoms with Gasteiger partial charge in [-0.1, -0.05) is 30.3 Å². The number of methoxy groups -OCH3 is 2. The minimum atomic E-state index is -0.414. The van der Waals surface area contributed by atoms with E-state index in [4.69, 9.17) is 15.3 Å². The Morgan fingerprint density at radius 2 is 1.69 bits per heavy atom. The van der Waals surface area contributed by atoms with Gasteiger partial charge in [0.2, 0.25) is 5.95 Å². The first-order valence-corrected chi connectivity index (χ1v) is 7.84. The Hall–Kier alpha value is -3.39. The summed E-state index contributed by atoms with van der Waals surface area (Å²) in [6.45, 7) is 0.385. The highest BCUT2D eigenvalue weighted by Crippen LogP contribution is 2.31. The number of anilines is 1. The molecule has 0 saturated heterocycles. The Kier molecular flexibility index (Phi) is 5.14. The molecule has 0 bridgehead atoms. The maximum atomic E-state index is 9.90. The molecular weight excluding hydrogens is 334 g/mol. The van der Waals surface area contributed by atoms with Crippen LogP contribution in [0.15, 0.2) is 48.5 Å². The first-order valence-electron chi connectivity index (χ1n) is 7.84. The van der Waals surface area contributed by atoms with Crippen LogP contribution >= 0.6 is 0 Å². The van der Waals surface area contributed by atoms with Crippen molar-refractivity contribution in [2.75, 3.05) is 19.2 Å². The van der Waals surface area contributed by atoms with Crippen molar-refractivity contribution < 1.29 is 14.6 Å². The van der Waals surface area contributed by atoms with Gasteiger partial charge in [-0.3, -0.25) is 5.01 Å². The molecule has 0 atom stereocenters. The molecule has 8 nitrogen and oxygen atoms in total. The first-order chi connectivity index (χ1) is 12.6. The van der Waals surface area contributed by atoms with Crippen LogP contribution in [0.5, 0.6) is 17.5 Å². The number of aromatic hydroxyl groups is 1. The highest BCUT2D eigenvalue weighted by atomic mass is 16.5. The number of nitrogens with two attached hydrogens (primary N) is 1. The molecule has 3 rings (SSSR count). The van der Waals surface area contributed by atoms with Crippen LogP contribution in [0.25, 0.3) is 11.4 Å². The minimum absolute atomic E-state index is 0.158. The van der Waals surface area contributed by atoms with Crippen LogP contribution in [0.4, 0.5) is 5.95 Å². The number of aromatic nitrogens is 3. The van der Waals surface area contributed by atoms with E-state index in [-0.39, 0.29) is 11.8 Å². The average molecular weight is 353 g/mol. The minimum Gasteiger partial charge on any atom is -0.493 e. The summed E-state index contributed by atoms with van der Waals surface area (Å²) >= 11 is 0. The zero-order valence-corrected chi connectivity index (χ0v) is 14.5. The van der Waals surface area contributed by atoms with E-state index in [9.17, 15) is 5.11 Å². The molecule has 2 aromatic carbocycles. The largest absolute Gasteiger partial charge is 0.493 e. The van der Waals surface area contributed by atoms with Gasteiger partial charge in [0.05, 0.1) is 20.8 Å². The van der Waals surface area contributed by atoms with Crippen LogP contribution < -0.4 is 20.3 Å². The predicted molar refractivity (Wildman–Crippen MR) is 96.8 cm³/mol. The molecule has 0 radical (unpaired) electrons. The van der Waals surface area contributed by atoms with Crippen LogP contribution in [0.3, 0.4) is 0 Å². The fourth-order valence-corrected chi connectivity index (χ4v) is 2.44. The monoisotopic (exact) mass is 353 g/mol. The summed E-state index contributed by atoms with van der Waals surface area (Å²) in [7, 11) is 3.10. The van der Waals surface area contributed by atoms with Crippen molar-refractivity contribution in [3.63, 3.8) is 0 Å². The highest BCUT2D eigenvalue weighted by molar-refractivity contribution is 5.62. The topological polar surface area (TPSA) is 107 Å². The van der Waals surface area contributed by atoms with Crippen LogP contribution in [0.2, 0.25) is 0 Å². The number of nitrogens with zero attached hydrogens (tertiary/aromatic N) is 4. The van der Waals surface area contributed by atoms with E-state index in [1.807, 2.05) is 30.3 Å². The van der Waals surface area contributed by atoms with E-state index >= 15 is 0 Å². The SMILES string of the molecule is COc1ccc(-c2nc(O)nc(N(N)Cc3ccccc3)n2)cc1OC. The van der Waals surface area contributed by atoms with E-state index in [0.717, 1.165) is 5.56 Å². The lowest BCUT2D eigenvalue weighted by Gasteiger charge is -2.17. The molecule has 0 unspecified atom stereocenters. The number of hydrazine groups is 1. The predicted octanol–water partition coefficient (Wildman–Crippen LogP) is 2.14. The summed E-state index contributed by atoms with van der Waals surface area (Å²) in [5.41, 5.74) is 1.62. The van der Waals surface area contributed by atoms with Crippen LogP contribution in [-0.2, 0) is 6.54 Å². The summed E-state index contributed by atoms with van der Waals surface area (Å²) in [6, 6.07) is 14.4. The van der Waals surface area contributed by atoms with Crippen molar-refractivity contribution in [1.29, 1.82) is 0 Å². The fraction of sp³-hybridized carbons (Fsp3) is 0.167. The maximum absolute atomic E-state index is 9.90. The van der Waals surface area contributed by atoms with Gasteiger partial charge >= 0.3 is 6.01 Å². The second-order valence-corrected chi connectivity index (χ2v) is 5.44. The van der Waals surface area contributed by atoms with Crippen molar-refractivity contribution in [1.82, 2.24) is 15.0 Å². The molecule has 3 N–H and O–H groups in total. The Morgan fingerprint density at radius 1 is 0.962 bits per heavy atom. The van der Waals surface area contributed by atoms with E-state index in [1.54, 1.807) is 32.4 Å². The van der Waals surface area contributed by atoms with Crippen LogP contribution in [0, 0.1) is 0 Å². The fourth-order valence-electron chi connectivity index (χ4n) is 2.44. The molecular formula is C18H19N5O3. The third-order valence-corrected chi connectivity index (χ3v) is 3.71. The van der Waals surface area contributed by atoms with Gasteiger partial charge in [0.25, 0.3) is 0 Å². The van der Waals surface area contributed by atoms with E-state index in [0.29, 0.717) is 23.6 Å². The van der Waals surface area contributed by atoms with Crippen LogP contribution in [-0.4, -0.2) is 34.3 Å². The number of rotatable bonds is 6. The molecule has 8 heteroatoms. The van der Waals surface area contributed by atoms with Gasteiger partial charge in [-0.2, -0.15) is 15.0 Å². The van der Waals surface area contributed by atoms with Gasteiger partial charge in [0, 0.05) is 5.56 Å². The molecule has 0 aliphatic rings. The number of ether oxygens (including phenoxy) is 2. The molecule has 0 amide bonds. The first kappa shape index (κ1) is 17.4. The van der Waals surface area contributed by atoms with E-state index < -0.39 is 6.01 Å². The van der Waals surface area contributed by atoms with Crippen LogP contribution in [0.1, 0.15) is 5.56 Å². The summed E-state index contributed by atoms with van der Waals surface area (Å²) in [4.78, 5) is 12.2. The zero-order valence-electron chi connectivity index (χ0n) is 14.5. The van der Waals surface area contributed by atoms with Gasteiger partial charge in [-0.05, 0) is 23.8 Å². The summed E-state index contributed by atoms with van der Waals surface area (Å²) in [6.07, 6.45) is 0. The number of hydrogen-bond donors (Lipinski definition) is 2. The maximum Gasteiger partial charge on any atom is 0.319 e. The van der Waals surface area contributed by atoms with Gasteiger partial charge < -0.3 is 14.6 Å². The standard InChI is InChI=1S/C18H19N5O3/c1-25-14-9-8-13(10-15(14)26-2)16-20-17(22-18(24)21-16)23(19)11-12-6-4-3-5-7-12/h3-10H,11,19H2,1-2H3,(H,20,21,22,24). The van der Waals surface area contributed by atoms with E-state index in [1.165, 1.54) is 5.01 Å². The zero-order chi connectivity index (χ0) is 18.5. The molecule has 0 spiro atoms. The smallest absolute Gasteiger partial charge is 0.319 e. The molecule has 0 saturated carbocycles. The Bertz CT molecular complexity index is 889. The molecule has 134 valence electrons. The Labute approximate surface area is 150 Å². The molecule has 1 heterocycles. The third-order valence-electron chi connectivity index (χ3n) is 3.71. The highest BCUT2D eigenvalue weighted by Gasteiger charge is 2.14. The molecule has 26 heavy (non-hydrogen) atoms. The second-order valence-electron chi connectivity index (χ2n) is 5.44. The molecule has 1 aromatic heterocycles. The lowest BCUT2D eigenvalue weighted by atomic mass is 10.2. The normalized spacial score (nSPS) is 10.4. The van der Waals surface area contributed by atoms with Crippen molar-refractivity contribution >= 4 is 5.95 Å². The summed E-state index contributed by atoms with van der Waals surface area (Å²) < 4.78 is 10.5. The van der Waals surface area contributed by atoms with Gasteiger partial charge in [-0.15, -0.1) is 0 Å².